The molecule has 0 radical (unpaired) electrons. The van der Waals surface area contributed by atoms with Gasteiger partial charge in [-0.25, -0.2) is 36.7 Å². The number of carbonyl (C=O) groups excluding carboxylic acids is 6. The number of amides is 6. The summed E-state index contributed by atoms with van der Waals surface area (Å²) in [5, 5.41) is 0. The second-order valence-electron chi connectivity index (χ2n) is 13.2. The second-order valence-corrected chi connectivity index (χ2v) is 13.2. The van der Waals surface area contributed by atoms with Gasteiger partial charge in [0.15, 0.2) is 23.3 Å². The fraction of sp³-hybridized carbons (Fsp3) is 0.571. The molecule has 1 aromatic rings. The van der Waals surface area contributed by atoms with Crippen molar-refractivity contribution in [3.63, 3.8) is 0 Å². The molecule has 0 spiro atoms. The lowest BCUT2D eigenvalue weighted by atomic mass is 10.1. The first-order valence-electron chi connectivity index (χ1n) is 13.0. The fourth-order valence-corrected chi connectivity index (χ4v) is 2.94. The Balaban J connectivity index is 3.90. The zero-order valence-corrected chi connectivity index (χ0v) is 26.5. The van der Waals surface area contributed by atoms with E-state index < -0.39 is 103 Å². The Morgan fingerprint density at radius 3 is 0.705 bits per heavy atom. The molecule has 1 aromatic carbocycles. The first-order chi connectivity index (χ1) is 19.5. The number of nitrogens with zero attached hydrogens (tertiary/aromatic N) is 2. The van der Waals surface area contributed by atoms with Crippen molar-refractivity contribution in [2.24, 2.45) is 0 Å². The van der Waals surface area contributed by atoms with E-state index in [9.17, 15) is 28.8 Å². The molecule has 16 heteroatoms. The highest BCUT2D eigenvalue weighted by Crippen LogP contribution is 2.29. The van der Waals surface area contributed by atoms with Crippen LogP contribution in [0.1, 0.15) is 104 Å². The van der Waals surface area contributed by atoms with E-state index in [4.69, 9.17) is 18.9 Å². The lowest BCUT2D eigenvalue weighted by molar-refractivity contribution is 0.000480. The maximum Gasteiger partial charge on any atom is 0.427 e. The van der Waals surface area contributed by atoms with Gasteiger partial charge in [0.2, 0.25) is 0 Å². The minimum Gasteiger partial charge on any atom is -0.443 e. The monoisotopic (exact) mass is 636 g/mol. The van der Waals surface area contributed by atoms with Gasteiger partial charge in [0.25, 0.3) is 11.8 Å². The van der Waals surface area contributed by atoms with Gasteiger partial charge in [-0.15, -0.1) is 9.80 Å². The molecule has 0 aliphatic rings. The molecule has 12 nitrogen and oxygen atoms in total. The van der Waals surface area contributed by atoms with E-state index in [-0.39, 0.29) is 0 Å². The average Bonchev–Trinajstić information content (AvgIpc) is 2.73. The summed E-state index contributed by atoms with van der Waals surface area (Å²) in [6.45, 7) is 15.7. The van der Waals surface area contributed by atoms with Crippen molar-refractivity contribution in [1.82, 2.24) is 9.80 Å². The standard InChI is InChI=1S/C28H36F4N2O10/c1-25(2,3)41-21(37)33(22(38)42-26(4,5)6)19(35)13-15(29)17(31)14(18(32)16(13)30)20(36)34(23(39)43-27(7,8)9)24(40)44-28(10,11)12/h1-12H3. The molecule has 0 atom stereocenters. The molecule has 0 saturated heterocycles. The Hall–Kier alpha value is -4.24. The number of halogens is 4. The van der Waals surface area contributed by atoms with Gasteiger partial charge >= 0.3 is 24.4 Å². The molecular formula is C28H36F4N2O10. The van der Waals surface area contributed by atoms with Gasteiger partial charge in [-0.3, -0.25) is 9.59 Å². The van der Waals surface area contributed by atoms with Gasteiger partial charge in [-0.1, -0.05) is 0 Å². The molecular weight excluding hydrogens is 600 g/mol. The van der Waals surface area contributed by atoms with E-state index >= 15 is 17.6 Å². The number of ether oxygens (including phenoxy) is 4. The van der Waals surface area contributed by atoms with Crippen molar-refractivity contribution in [2.75, 3.05) is 0 Å². The molecule has 6 amide bonds. The van der Waals surface area contributed by atoms with Crippen molar-refractivity contribution in [1.29, 1.82) is 0 Å². The summed E-state index contributed by atoms with van der Waals surface area (Å²) in [7, 11) is 0. The third kappa shape index (κ3) is 9.91. The molecule has 0 bridgehead atoms. The van der Waals surface area contributed by atoms with E-state index in [1.54, 1.807) is 0 Å². The van der Waals surface area contributed by atoms with Crippen LogP contribution in [0.4, 0.5) is 36.7 Å². The number of hydrogen-bond acceptors (Lipinski definition) is 10. The number of rotatable bonds is 2. The Kier molecular flexibility index (Phi) is 11.0. The van der Waals surface area contributed by atoms with E-state index in [2.05, 4.69) is 0 Å². The second kappa shape index (κ2) is 12.8. The van der Waals surface area contributed by atoms with Crippen LogP contribution in [0.25, 0.3) is 0 Å². The summed E-state index contributed by atoms with van der Waals surface area (Å²) >= 11 is 0. The molecule has 0 fully saturated rings. The number of imide groups is 6. The molecule has 0 saturated carbocycles. The quantitative estimate of drug-likeness (QED) is 0.191. The molecule has 246 valence electrons. The van der Waals surface area contributed by atoms with Crippen LogP contribution in [-0.2, 0) is 18.9 Å². The highest BCUT2D eigenvalue weighted by atomic mass is 19.2. The Morgan fingerprint density at radius 2 is 0.568 bits per heavy atom. The van der Waals surface area contributed by atoms with Gasteiger partial charge in [-0.2, -0.15) is 0 Å². The predicted octanol–water partition coefficient (Wildman–Crippen LogP) is 6.87. The van der Waals surface area contributed by atoms with E-state index in [1.807, 2.05) is 0 Å². The van der Waals surface area contributed by atoms with Crippen LogP contribution in [0.3, 0.4) is 0 Å². The van der Waals surface area contributed by atoms with Crippen LogP contribution in [0, 0.1) is 23.3 Å². The topological polar surface area (TPSA) is 146 Å². The summed E-state index contributed by atoms with van der Waals surface area (Å²) in [4.78, 5) is 76.1. The number of carbonyl (C=O) groups is 6. The molecule has 0 aliphatic carbocycles. The van der Waals surface area contributed by atoms with Crippen LogP contribution < -0.4 is 0 Å². The molecule has 1 rings (SSSR count). The first-order valence-corrected chi connectivity index (χ1v) is 13.0. The molecule has 44 heavy (non-hydrogen) atoms. The van der Waals surface area contributed by atoms with Crippen LogP contribution >= 0.6 is 0 Å². The molecule has 0 aliphatic heterocycles. The minimum absolute atomic E-state index is 0.536. The van der Waals surface area contributed by atoms with Gasteiger partial charge in [-0.05, 0) is 83.1 Å². The van der Waals surface area contributed by atoms with Crippen molar-refractivity contribution in [2.45, 2.75) is 105 Å². The highest BCUT2D eigenvalue weighted by molar-refractivity contribution is 6.15. The Labute approximate surface area is 251 Å². The molecule has 0 unspecified atom stereocenters. The van der Waals surface area contributed by atoms with Gasteiger partial charge in [0, 0.05) is 0 Å². The lowest BCUT2D eigenvalue weighted by Crippen LogP contribution is -2.48. The minimum atomic E-state index is -2.57. The van der Waals surface area contributed by atoms with Crippen molar-refractivity contribution in [3.05, 3.63) is 34.4 Å². The van der Waals surface area contributed by atoms with Crippen molar-refractivity contribution in [3.8, 4) is 0 Å². The highest BCUT2D eigenvalue weighted by Gasteiger charge is 2.45. The third-order valence-electron chi connectivity index (χ3n) is 4.40. The van der Waals surface area contributed by atoms with Crippen LogP contribution in [-0.4, -0.2) is 68.4 Å². The summed E-state index contributed by atoms with van der Waals surface area (Å²) < 4.78 is 81.0. The zero-order valence-electron chi connectivity index (χ0n) is 26.5. The summed E-state index contributed by atoms with van der Waals surface area (Å²) in [6, 6.07) is 0. The summed E-state index contributed by atoms with van der Waals surface area (Å²) in [5.74, 6) is -14.8. The fourth-order valence-electron chi connectivity index (χ4n) is 2.94. The largest absolute Gasteiger partial charge is 0.443 e. The normalized spacial score (nSPS) is 12.2. The number of benzene rings is 1. The molecule has 0 N–H and O–H groups in total. The average molecular weight is 637 g/mol. The third-order valence-corrected chi connectivity index (χ3v) is 4.40. The lowest BCUT2D eigenvalue weighted by Gasteiger charge is -2.28. The van der Waals surface area contributed by atoms with Crippen molar-refractivity contribution >= 4 is 36.2 Å². The van der Waals surface area contributed by atoms with E-state index in [0.29, 0.717) is 0 Å². The SMILES string of the molecule is CC(C)(C)OC(=O)N(C(=O)OC(C)(C)C)C(=O)c1c(F)c(F)c(C(=O)N(C(=O)OC(C)(C)C)C(=O)OC(C)(C)C)c(F)c1F. The maximum atomic E-state index is 15.3. The zero-order chi connectivity index (χ0) is 34.9. The Morgan fingerprint density at radius 1 is 0.409 bits per heavy atom. The maximum absolute atomic E-state index is 15.3. The Bertz CT molecular complexity index is 1180. The van der Waals surface area contributed by atoms with Crippen LogP contribution in [0.2, 0.25) is 0 Å². The summed E-state index contributed by atoms with van der Waals surface area (Å²) in [6.07, 6.45) is -7.29. The van der Waals surface area contributed by atoms with E-state index in [1.165, 1.54) is 83.1 Å². The smallest absolute Gasteiger partial charge is 0.427 e. The molecule has 0 heterocycles. The van der Waals surface area contributed by atoms with Crippen molar-refractivity contribution < 1.29 is 65.3 Å². The van der Waals surface area contributed by atoms with Crippen LogP contribution in [0.5, 0.6) is 0 Å². The van der Waals surface area contributed by atoms with E-state index in [0.717, 1.165) is 0 Å². The number of hydrogen-bond donors (Lipinski definition) is 0. The molecule has 0 aromatic heterocycles. The van der Waals surface area contributed by atoms with Gasteiger partial charge in [0.1, 0.15) is 33.5 Å². The van der Waals surface area contributed by atoms with Gasteiger partial charge < -0.3 is 18.9 Å². The first kappa shape index (κ1) is 37.8. The summed E-state index contributed by atoms with van der Waals surface area (Å²) in [5.41, 5.74) is -9.81. The van der Waals surface area contributed by atoms with Crippen LogP contribution in [0.15, 0.2) is 0 Å². The van der Waals surface area contributed by atoms with Gasteiger partial charge in [0.05, 0.1) is 0 Å². The predicted molar refractivity (Wildman–Crippen MR) is 144 cm³/mol.